The Hall–Kier alpha value is -2.14. The van der Waals surface area contributed by atoms with Crippen LogP contribution in [-0.4, -0.2) is 12.0 Å². The van der Waals surface area contributed by atoms with Crippen molar-refractivity contribution in [3.63, 3.8) is 0 Å². The fourth-order valence-electron chi connectivity index (χ4n) is 2.18. The maximum absolute atomic E-state index is 13.3. The van der Waals surface area contributed by atoms with Crippen LogP contribution in [0.2, 0.25) is 5.02 Å². The highest BCUT2D eigenvalue weighted by molar-refractivity contribution is 6.30. The normalized spacial score (nSPS) is 13.2. The summed E-state index contributed by atoms with van der Waals surface area (Å²) in [5.74, 6) is -1.68. The van der Waals surface area contributed by atoms with Crippen LogP contribution in [0.3, 0.4) is 0 Å². The average Bonchev–Trinajstić information content (AvgIpc) is 2.52. The lowest BCUT2D eigenvalue weighted by Crippen LogP contribution is -2.37. The number of rotatable bonds is 5. The molecule has 0 aliphatic rings. The first kappa shape index (κ1) is 18.2. The van der Waals surface area contributed by atoms with E-state index in [1.165, 1.54) is 6.07 Å². The van der Waals surface area contributed by atoms with Crippen molar-refractivity contribution in [3.8, 4) is 5.75 Å². The number of hydrogen-bond acceptors (Lipinski definition) is 2. The molecule has 0 heterocycles. The van der Waals surface area contributed by atoms with Crippen LogP contribution in [0.4, 0.5) is 8.78 Å². The van der Waals surface area contributed by atoms with Gasteiger partial charge in [-0.2, -0.15) is 0 Å². The summed E-state index contributed by atoms with van der Waals surface area (Å²) in [5, 5.41) is 3.30. The summed E-state index contributed by atoms with van der Waals surface area (Å²) in [6, 6.07) is 8.16. The fraction of sp³-hybridized carbons (Fsp3) is 0.278. The maximum Gasteiger partial charge on any atom is 0.261 e. The van der Waals surface area contributed by atoms with E-state index in [2.05, 4.69) is 5.32 Å². The van der Waals surface area contributed by atoms with E-state index in [-0.39, 0.29) is 5.91 Å². The van der Waals surface area contributed by atoms with Crippen molar-refractivity contribution in [2.24, 2.45) is 0 Å². The molecule has 0 fully saturated rings. The summed E-state index contributed by atoms with van der Waals surface area (Å²) in [4.78, 5) is 12.2. The SMILES string of the molecule is Cc1cc(Cl)ccc1O[C@H](C)C(=O)N[C@H](C)c1ccc(F)c(F)c1. The molecule has 24 heavy (non-hydrogen) atoms. The van der Waals surface area contributed by atoms with Crippen molar-refractivity contribution in [1.29, 1.82) is 0 Å². The fourth-order valence-corrected chi connectivity index (χ4v) is 2.41. The predicted molar refractivity (Wildman–Crippen MR) is 89.2 cm³/mol. The number of carbonyl (C=O) groups is 1. The lowest BCUT2D eigenvalue weighted by Gasteiger charge is -2.20. The Labute approximate surface area is 144 Å². The number of ether oxygens (including phenoxy) is 1. The Bertz CT molecular complexity index is 752. The Kier molecular flexibility index (Phi) is 5.78. The minimum absolute atomic E-state index is 0.360. The van der Waals surface area contributed by atoms with Gasteiger partial charge >= 0.3 is 0 Å². The molecule has 0 saturated carbocycles. The summed E-state index contributed by atoms with van der Waals surface area (Å²) < 4.78 is 31.9. The number of carbonyl (C=O) groups excluding carboxylic acids is 1. The number of nitrogens with one attached hydrogen (secondary N) is 1. The van der Waals surface area contributed by atoms with Crippen molar-refractivity contribution >= 4 is 17.5 Å². The minimum Gasteiger partial charge on any atom is -0.481 e. The second-order valence-electron chi connectivity index (χ2n) is 5.57. The zero-order chi connectivity index (χ0) is 17.9. The third-order valence-electron chi connectivity index (χ3n) is 3.61. The molecule has 0 aromatic heterocycles. The van der Waals surface area contributed by atoms with Gasteiger partial charge in [0.05, 0.1) is 6.04 Å². The van der Waals surface area contributed by atoms with Crippen molar-refractivity contribution in [2.45, 2.75) is 32.9 Å². The molecule has 0 spiro atoms. The molecule has 2 atom stereocenters. The first-order chi connectivity index (χ1) is 11.3. The van der Waals surface area contributed by atoms with Crippen LogP contribution in [0.1, 0.15) is 31.0 Å². The largest absolute Gasteiger partial charge is 0.481 e. The van der Waals surface area contributed by atoms with E-state index in [4.69, 9.17) is 16.3 Å². The number of halogens is 3. The number of hydrogen-bond donors (Lipinski definition) is 1. The Morgan fingerprint density at radius 2 is 1.83 bits per heavy atom. The molecule has 1 amide bonds. The molecule has 0 aliphatic carbocycles. The van der Waals surface area contributed by atoms with Crippen LogP contribution in [0.15, 0.2) is 36.4 Å². The monoisotopic (exact) mass is 353 g/mol. The van der Waals surface area contributed by atoms with Crippen LogP contribution < -0.4 is 10.1 Å². The lowest BCUT2D eigenvalue weighted by atomic mass is 10.1. The van der Waals surface area contributed by atoms with Crippen LogP contribution in [0.5, 0.6) is 5.75 Å². The molecule has 3 nitrogen and oxygen atoms in total. The van der Waals surface area contributed by atoms with E-state index in [0.29, 0.717) is 16.3 Å². The molecule has 128 valence electrons. The van der Waals surface area contributed by atoms with Gasteiger partial charge in [0, 0.05) is 5.02 Å². The Morgan fingerprint density at radius 3 is 2.46 bits per heavy atom. The first-order valence-electron chi connectivity index (χ1n) is 7.46. The molecule has 2 aromatic rings. The van der Waals surface area contributed by atoms with E-state index in [1.807, 2.05) is 6.92 Å². The van der Waals surface area contributed by atoms with Gasteiger partial charge in [0.25, 0.3) is 5.91 Å². The molecule has 2 aromatic carbocycles. The van der Waals surface area contributed by atoms with Gasteiger partial charge < -0.3 is 10.1 Å². The van der Waals surface area contributed by atoms with Crippen LogP contribution in [0, 0.1) is 18.6 Å². The zero-order valence-electron chi connectivity index (χ0n) is 13.6. The van der Waals surface area contributed by atoms with Crippen molar-refractivity contribution in [3.05, 3.63) is 64.2 Å². The van der Waals surface area contributed by atoms with Gasteiger partial charge in [0.1, 0.15) is 5.75 Å². The lowest BCUT2D eigenvalue weighted by molar-refractivity contribution is -0.127. The molecule has 0 bridgehead atoms. The quantitative estimate of drug-likeness (QED) is 0.855. The van der Waals surface area contributed by atoms with Crippen LogP contribution in [0.25, 0.3) is 0 Å². The smallest absolute Gasteiger partial charge is 0.261 e. The third kappa shape index (κ3) is 4.45. The zero-order valence-corrected chi connectivity index (χ0v) is 14.3. The van der Waals surface area contributed by atoms with E-state index < -0.39 is 23.8 Å². The van der Waals surface area contributed by atoms with Crippen molar-refractivity contribution in [1.82, 2.24) is 5.32 Å². The molecule has 0 saturated heterocycles. The molecule has 6 heteroatoms. The Balaban J connectivity index is 2.01. The molecule has 0 unspecified atom stereocenters. The van der Waals surface area contributed by atoms with E-state index in [9.17, 15) is 13.6 Å². The molecule has 2 rings (SSSR count). The topological polar surface area (TPSA) is 38.3 Å². The molecular formula is C18H18ClF2NO2. The summed E-state index contributed by atoms with van der Waals surface area (Å²) in [5.41, 5.74) is 1.29. The second kappa shape index (κ2) is 7.62. The van der Waals surface area contributed by atoms with Gasteiger partial charge in [-0.15, -0.1) is 0 Å². The summed E-state index contributed by atoms with van der Waals surface area (Å²) in [6.07, 6.45) is -0.752. The van der Waals surface area contributed by atoms with Crippen molar-refractivity contribution in [2.75, 3.05) is 0 Å². The van der Waals surface area contributed by atoms with Crippen LogP contribution in [-0.2, 0) is 4.79 Å². The van der Waals surface area contributed by atoms with Gasteiger partial charge in [0.2, 0.25) is 0 Å². The third-order valence-corrected chi connectivity index (χ3v) is 3.85. The molecule has 0 radical (unpaired) electrons. The first-order valence-corrected chi connectivity index (χ1v) is 7.84. The van der Waals surface area contributed by atoms with E-state index >= 15 is 0 Å². The van der Waals surface area contributed by atoms with Gasteiger partial charge in [-0.25, -0.2) is 8.78 Å². The summed E-state index contributed by atoms with van der Waals surface area (Å²) in [6.45, 7) is 5.13. The molecule has 1 N–H and O–H groups in total. The number of benzene rings is 2. The van der Waals surface area contributed by atoms with Crippen molar-refractivity contribution < 1.29 is 18.3 Å². The molecular weight excluding hydrogens is 336 g/mol. The number of amides is 1. The van der Waals surface area contributed by atoms with Gasteiger partial charge in [-0.3, -0.25) is 4.79 Å². The van der Waals surface area contributed by atoms with E-state index in [0.717, 1.165) is 17.7 Å². The van der Waals surface area contributed by atoms with Crippen LogP contribution >= 0.6 is 11.6 Å². The van der Waals surface area contributed by atoms with Gasteiger partial charge in [-0.1, -0.05) is 17.7 Å². The highest BCUT2D eigenvalue weighted by Crippen LogP contribution is 2.23. The standard InChI is InChI=1S/C18H18ClF2NO2/c1-10-8-14(19)5-7-17(10)24-12(3)18(23)22-11(2)13-4-6-15(20)16(21)9-13/h4-9,11-12H,1-3H3,(H,22,23)/t11-,12-/m1/s1. The second-order valence-corrected chi connectivity index (χ2v) is 6.01. The number of aryl methyl sites for hydroxylation is 1. The highest BCUT2D eigenvalue weighted by Gasteiger charge is 2.19. The highest BCUT2D eigenvalue weighted by atomic mass is 35.5. The van der Waals surface area contributed by atoms with Gasteiger partial charge in [0.15, 0.2) is 17.7 Å². The Morgan fingerprint density at radius 1 is 1.12 bits per heavy atom. The maximum atomic E-state index is 13.3. The predicted octanol–water partition coefficient (Wildman–Crippen LogP) is 4.57. The summed E-state index contributed by atoms with van der Waals surface area (Å²) >= 11 is 5.88. The average molecular weight is 354 g/mol. The van der Waals surface area contributed by atoms with Gasteiger partial charge in [-0.05, 0) is 62.2 Å². The minimum atomic E-state index is -0.949. The summed E-state index contributed by atoms with van der Waals surface area (Å²) in [7, 11) is 0. The van der Waals surface area contributed by atoms with E-state index in [1.54, 1.807) is 32.0 Å². The molecule has 0 aliphatic heterocycles.